The van der Waals surface area contributed by atoms with Crippen LogP contribution in [-0.2, 0) is 4.79 Å². The lowest BCUT2D eigenvalue weighted by atomic mass is 9.94. The zero-order chi connectivity index (χ0) is 27.2. The Bertz CT molecular complexity index is 1340. The van der Waals surface area contributed by atoms with Gasteiger partial charge in [-0.1, -0.05) is 66.5 Å². The van der Waals surface area contributed by atoms with Crippen LogP contribution in [-0.4, -0.2) is 33.0 Å². The summed E-state index contributed by atoms with van der Waals surface area (Å²) in [6.45, 7) is 10.9. The van der Waals surface area contributed by atoms with E-state index in [2.05, 4.69) is 40.4 Å². The maximum absolute atomic E-state index is 14.0. The minimum Gasteiger partial charge on any atom is -0.493 e. The molecule has 0 saturated carbocycles. The quantitative estimate of drug-likeness (QED) is 0.174. The fourth-order valence-corrected chi connectivity index (χ4v) is 5.64. The lowest BCUT2D eigenvalue weighted by Crippen LogP contribution is -2.32. The number of benzene rings is 2. The Hall–Kier alpha value is -2.78. The van der Waals surface area contributed by atoms with Gasteiger partial charge in [-0.2, -0.15) is 4.98 Å². The van der Waals surface area contributed by atoms with Crippen LogP contribution in [0, 0.1) is 13.8 Å². The lowest BCUT2D eigenvalue weighted by molar-refractivity contribution is -0.113. The van der Waals surface area contributed by atoms with E-state index in [4.69, 9.17) is 14.8 Å². The van der Waals surface area contributed by atoms with Gasteiger partial charge in [0.1, 0.15) is 11.8 Å². The lowest BCUT2D eigenvalue weighted by Gasteiger charge is -2.30. The molecule has 2 heterocycles. The molecule has 0 saturated heterocycles. The van der Waals surface area contributed by atoms with Crippen molar-refractivity contribution in [2.45, 2.75) is 71.5 Å². The Labute approximate surface area is 238 Å². The highest BCUT2D eigenvalue weighted by Crippen LogP contribution is 2.41. The van der Waals surface area contributed by atoms with Gasteiger partial charge in [-0.15, -0.1) is 5.10 Å². The molecule has 38 heavy (non-hydrogen) atoms. The molecule has 1 amide bonds. The fraction of sp³-hybridized carbons (Fsp3) is 0.414. The highest BCUT2D eigenvalue weighted by atomic mass is 79.9. The molecule has 1 unspecified atom stereocenters. The molecule has 1 aromatic heterocycles. The summed E-state index contributed by atoms with van der Waals surface area (Å²) in [4.78, 5) is 18.7. The molecule has 9 heteroatoms. The number of aromatic nitrogens is 3. The van der Waals surface area contributed by atoms with Gasteiger partial charge in [-0.3, -0.25) is 4.79 Å². The minimum absolute atomic E-state index is 0.186. The molecule has 0 spiro atoms. The minimum atomic E-state index is -0.515. The Morgan fingerprint density at radius 1 is 1.16 bits per heavy atom. The van der Waals surface area contributed by atoms with Crippen molar-refractivity contribution in [1.82, 2.24) is 14.8 Å². The van der Waals surface area contributed by atoms with Crippen LogP contribution >= 0.6 is 27.7 Å². The Morgan fingerprint density at radius 2 is 1.95 bits per heavy atom. The molecule has 1 aliphatic heterocycles. The zero-order valence-corrected chi connectivity index (χ0v) is 25.1. The molecule has 202 valence electrons. The maximum atomic E-state index is 14.0. The molecule has 0 aliphatic carbocycles. The van der Waals surface area contributed by atoms with Gasteiger partial charge in [0, 0.05) is 27.2 Å². The number of thioether (sulfide) groups is 1. The monoisotopic (exact) mass is 597 g/mol. The standard InChI is InChI=1S/C29H36BrN5O2S/c1-6-8-15-37-24-14-13-21(30)17-22(24)26-25(27(36)32-23-12-10-11-18(3)19(23)4)20(5)31-28-33-29(34-35(26)28)38-16-9-7-2/h10-14,17,26H,6-9,15-16H2,1-5H3,(H,32,36)(H,31,33,34). The number of anilines is 2. The number of carbonyl (C=O) groups excluding carboxylic acids is 1. The van der Waals surface area contributed by atoms with E-state index in [1.165, 1.54) is 0 Å². The molecule has 2 aromatic carbocycles. The number of hydrogen-bond donors (Lipinski definition) is 2. The molecular formula is C29H36BrN5O2S. The van der Waals surface area contributed by atoms with Crippen LogP contribution in [0.5, 0.6) is 5.75 Å². The number of fused-ring (bicyclic) bond motifs is 1. The number of nitrogens with zero attached hydrogens (tertiary/aromatic N) is 3. The van der Waals surface area contributed by atoms with Crippen molar-refractivity contribution in [3.63, 3.8) is 0 Å². The van der Waals surface area contributed by atoms with Crippen LogP contribution in [0.1, 0.15) is 69.2 Å². The molecule has 0 bridgehead atoms. The number of ether oxygens (including phenoxy) is 1. The Kier molecular flexibility index (Phi) is 9.54. The molecule has 3 aromatic rings. The first-order valence-electron chi connectivity index (χ1n) is 13.2. The molecule has 7 nitrogen and oxygen atoms in total. The average molecular weight is 599 g/mol. The third-order valence-electron chi connectivity index (χ3n) is 6.68. The summed E-state index contributed by atoms with van der Waals surface area (Å²) < 4.78 is 8.97. The predicted octanol–water partition coefficient (Wildman–Crippen LogP) is 7.66. The summed E-state index contributed by atoms with van der Waals surface area (Å²) in [6.07, 6.45) is 4.19. The van der Waals surface area contributed by atoms with Crippen molar-refractivity contribution >= 4 is 45.2 Å². The first kappa shape index (κ1) is 28.2. The first-order valence-corrected chi connectivity index (χ1v) is 15.0. The first-order chi connectivity index (χ1) is 18.3. The van der Waals surface area contributed by atoms with E-state index in [0.717, 1.165) is 69.7 Å². The van der Waals surface area contributed by atoms with E-state index in [1.54, 1.807) is 11.8 Å². The normalized spacial score (nSPS) is 14.7. The zero-order valence-electron chi connectivity index (χ0n) is 22.7. The van der Waals surface area contributed by atoms with Crippen LogP contribution in [0.15, 0.2) is 57.3 Å². The summed E-state index contributed by atoms with van der Waals surface area (Å²) in [7, 11) is 0. The van der Waals surface area contributed by atoms with Crippen molar-refractivity contribution in [3.05, 3.63) is 68.8 Å². The molecule has 4 rings (SSSR count). The SMILES string of the molecule is CCCCOc1ccc(Br)cc1C1C(C(=O)Nc2cccc(C)c2C)=C(C)Nc2nc(SCCCC)nn21. The summed E-state index contributed by atoms with van der Waals surface area (Å²) >= 11 is 5.27. The highest BCUT2D eigenvalue weighted by molar-refractivity contribution is 9.10. The van der Waals surface area contributed by atoms with Crippen LogP contribution in [0.2, 0.25) is 0 Å². The van der Waals surface area contributed by atoms with E-state index in [1.807, 2.05) is 61.9 Å². The third-order valence-corrected chi connectivity index (χ3v) is 8.10. The van der Waals surface area contributed by atoms with Crippen molar-refractivity contribution in [3.8, 4) is 5.75 Å². The van der Waals surface area contributed by atoms with E-state index in [9.17, 15) is 4.79 Å². The van der Waals surface area contributed by atoms with Crippen molar-refractivity contribution < 1.29 is 9.53 Å². The smallest absolute Gasteiger partial charge is 0.255 e. The number of allylic oxidation sites excluding steroid dienone is 1. The second-order valence-corrected chi connectivity index (χ2v) is 11.5. The van der Waals surface area contributed by atoms with Crippen molar-refractivity contribution in [2.75, 3.05) is 23.0 Å². The molecule has 2 N–H and O–H groups in total. The average Bonchev–Trinajstić information content (AvgIpc) is 3.29. The van der Waals surface area contributed by atoms with Crippen LogP contribution < -0.4 is 15.4 Å². The van der Waals surface area contributed by atoms with Gasteiger partial charge in [0.2, 0.25) is 11.1 Å². The maximum Gasteiger partial charge on any atom is 0.255 e. The Morgan fingerprint density at radius 3 is 2.71 bits per heavy atom. The molecule has 1 aliphatic rings. The summed E-state index contributed by atoms with van der Waals surface area (Å²) in [5.41, 5.74) is 5.13. The van der Waals surface area contributed by atoms with Gasteiger partial charge in [-0.25, -0.2) is 4.68 Å². The predicted molar refractivity (Wildman–Crippen MR) is 159 cm³/mol. The number of hydrogen-bond acceptors (Lipinski definition) is 6. The third kappa shape index (κ3) is 6.26. The molecular weight excluding hydrogens is 562 g/mol. The van der Waals surface area contributed by atoms with Gasteiger partial charge in [0.15, 0.2) is 0 Å². The molecule has 1 atom stereocenters. The topological polar surface area (TPSA) is 81.1 Å². The number of nitrogens with one attached hydrogen (secondary N) is 2. The number of amides is 1. The van der Waals surface area contributed by atoms with Gasteiger partial charge in [0.05, 0.1) is 12.2 Å². The molecule has 0 radical (unpaired) electrons. The second kappa shape index (κ2) is 12.8. The van der Waals surface area contributed by atoms with E-state index >= 15 is 0 Å². The number of unbranched alkanes of at least 4 members (excludes halogenated alkanes) is 2. The largest absolute Gasteiger partial charge is 0.493 e. The summed E-state index contributed by atoms with van der Waals surface area (Å²) in [5.74, 6) is 2.11. The highest BCUT2D eigenvalue weighted by Gasteiger charge is 2.36. The van der Waals surface area contributed by atoms with Crippen LogP contribution in [0.4, 0.5) is 11.6 Å². The van der Waals surface area contributed by atoms with Gasteiger partial charge in [0.25, 0.3) is 5.91 Å². The van der Waals surface area contributed by atoms with Crippen LogP contribution in [0.3, 0.4) is 0 Å². The number of rotatable bonds is 11. The Balaban J connectivity index is 1.80. The fourth-order valence-electron chi connectivity index (χ4n) is 4.35. The second-order valence-electron chi connectivity index (χ2n) is 9.52. The van der Waals surface area contributed by atoms with Gasteiger partial charge in [-0.05, 0) is 69.0 Å². The number of halogens is 1. The van der Waals surface area contributed by atoms with Crippen molar-refractivity contribution in [2.24, 2.45) is 0 Å². The number of carbonyl (C=O) groups is 1. The van der Waals surface area contributed by atoms with Gasteiger partial charge < -0.3 is 15.4 Å². The van der Waals surface area contributed by atoms with Gasteiger partial charge >= 0.3 is 0 Å². The summed E-state index contributed by atoms with van der Waals surface area (Å²) in [5, 5.41) is 12.1. The van der Waals surface area contributed by atoms with E-state index < -0.39 is 6.04 Å². The summed E-state index contributed by atoms with van der Waals surface area (Å²) in [6, 6.07) is 11.4. The van der Waals surface area contributed by atoms with E-state index in [0.29, 0.717) is 23.3 Å². The van der Waals surface area contributed by atoms with Crippen molar-refractivity contribution in [1.29, 1.82) is 0 Å². The molecule has 0 fully saturated rings. The van der Waals surface area contributed by atoms with E-state index in [-0.39, 0.29) is 5.91 Å². The van der Waals surface area contributed by atoms with Crippen LogP contribution in [0.25, 0.3) is 0 Å². The number of aryl methyl sites for hydroxylation is 1.